The van der Waals surface area contributed by atoms with Gasteiger partial charge in [0.15, 0.2) is 0 Å². The molecule has 0 radical (unpaired) electrons. The SMILES string of the molecule is COc1cccc(-c2c(NC(=O)Nc3c(C(C)C)cccc3C(C)C)c(=O)n(C)c3cnccc23)c1. The van der Waals surface area contributed by atoms with Gasteiger partial charge in [-0.1, -0.05) is 58.0 Å². The number of hydrogen-bond acceptors (Lipinski definition) is 4. The third-order valence-corrected chi connectivity index (χ3v) is 6.41. The van der Waals surface area contributed by atoms with Gasteiger partial charge >= 0.3 is 6.03 Å². The molecule has 0 fully saturated rings. The van der Waals surface area contributed by atoms with Crippen molar-refractivity contribution in [3.8, 4) is 16.9 Å². The number of aryl methyl sites for hydroxylation is 1. The van der Waals surface area contributed by atoms with Gasteiger partial charge in [-0.3, -0.25) is 9.78 Å². The number of anilines is 2. The quantitative estimate of drug-likeness (QED) is 0.327. The molecule has 0 aliphatic rings. The second-order valence-electron chi connectivity index (χ2n) is 9.44. The van der Waals surface area contributed by atoms with Gasteiger partial charge in [0.1, 0.15) is 11.4 Å². The average Bonchev–Trinajstić information content (AvgIpc) is 2.87. The van der Waals surface area contributed by atoms with Gasteiger partial charge in [-0.15, -0.1) is 0 Å². The number of hydrogen-bond donors (Lipinski definition) is 2. The van der Waals surface area contributed by atoms with Crippen LogP contribution in [-0.2, 0) is 7.05 Å². The van der Waals surface area contributed by atoms with Gasteiger partial charge in [0, 0.05) is 29.9 Å². The fourth-order valence-electron chi connectivity index (χ4n) is 4.53. The number of pyridine rings is 2. The monoisotopic (exact) mass is 484 g/mol. The maximum absolute atomic E-state index is 13.5. The van der Waals surface area contributed by atoms with Gasteiger partial charge in [-0.05, 0) is 46.7 Å². The second-order valence-corrected chi connectivity index (χ2v) is 9.44. The molecule has 2 N–H and O–H groups in total. The number of methoxy groups -OCH3 is 1. The number of urea groups is 1. The van der Waals surface area contributed by atoms with E-state index in [2.05, 4.69) is 43.3 Å². The lowest BCUT2D eigenvalue weighted by Gasteiger charge is -2.21. The van der Waals surface area contributed by atoms with E-state index in [1.165, 1.54) is 4.57 Å². The Morgan fingerprint density at radius 2 is 1.58 bits per heavy atom. The van der Waals surface area contributed by atoms with Crippen LogP contribution in [0.25, 0.3) is 22.0 Å². The first-order valence-corrected chi connectivity index (χ1v) is 12.0. The highest BCUT2D eigenvalue weighted by Crippen LogP contribution is 2.36. The number of nitrogens with zero attached hydrogens (tertiary/aromatic N) is 2. The molecule has 2 aromatic carbocycles. The minimum absolute atomic E-state index is 0.190. The van der Waals surface area contributed by atoms with Gasteiger partial charge in [-0.2, -0.15) is 0 Å². The predicted molar refractivity (Wildman–Crippen MR) is 146 cm³/mol. The van der Waals surface area contributed by atoms with Gasteiger partial charge in [0.2, 0.25) is 0 Å². The molecule has 0 unspecified atom stereocenters. The number of amides is 2. The molecular weight excluding hydrogens is 452 g/mol. The first-order chi connectivity index (χ1) is 17.2. The summed E-state index contributed by atoms with van der Waals surface area (Å²) in [6.07, 6.45) is 3.33. The third-order valence-electron chi connectivity index (χ3n) is 6.41. The zero-order chi connectivity index (χ0) is 26.0. The van der Waals surface area contributed by atoms with Crippen molar-refractivity contribution >= 4 is 28.3 Å². The number of carbonyl (C=O) groups is 1. The molecule has 4 aromatic rings. The van der Waals surface area contributed by atoms with Crippen LogP contribution in [-0.4, -0.2) is 22.7 Å². The Kier molecular flexibility index (Phi) is 7.10. The van der Waals surface area contributed by atoms with Crippen molar-refractivity contribution in [1.82, 2.24) is 9.55 Å². The standard InChI is InChI=1S/C29H32N4O3/c1-17(2)21-11-8-12-22(18(3)4)26(21)31-29(35)32-27-25(19-9-7-10-20(15-19)36-6)23-13-14-30-16-24(23)33(5)28(27)34/h7-18H,1-6H3,(H2,31,32,35). The van der Waals surface area contributed by atoms with E-state index >= 15 is 0 Å². The summed E-state index contributed by atoms with van der Waals surface area (Å²) in [5.74, 6) is 1.08. The Morgan fingerprint density at radius 1 is 0.944 bits per heavy atom. The number of fused-ring (bicyclic) bond motifs is 1. The summed E-state index contributed by atoms with van der Waals surface area (Å²) >= 11 is 0. The van der Waals surface area contributed by atoms with Crippen LogP contribution in [0.4, 0.5) is 16.2 Å². The Morgan fingerprint density at radius 3 is 2.22 bits per heavy atom. The summed E-state index contributed by atoms with van der Waals surface area (Å²) in [5, 5.41) is 6.73. The van der Waals surface area contributed by atoms with E-state index in [0.29, 0.717) is 16.8 Å². The molecule has 0 saturated heterocycles. The molecule has 4 rings (SSSR count). The molecule has 0 bridgehead atoms. The topological polar surface area (TPSA) is 85.3 Å². The smallest absolute Gasteiger partial charge is 0.323 e. The van der Waals surface area contributed by atoms with Crippen molar-refractivity contribution in [3.63, 3.8) is 0 Å². The minimum atomic E-state index is -0.473. The molecular formula is C29H32N4O3. The first kappa shape index (κ1) is 25.0. The van der Waals surface area contributed by atoms with E-state index in [9.17, 15) is 9.59 Å². The van der Waals surface area contributed by atoms with Crippen LogP contribution in [0.5, 0.6) is 5.75 Å². The number of benzene rings is 2. The van der Waals surface area contributed by atoms with E-state index in [-0.39, 0.29) is 23.1 Å². The van der Waals surface area contributed by atoms with Crippen molar-refractivity contribution in [1.29, 1.82) is 0 Å². The Labute approximate surface area is 211 Å². The Balaban J connectivity index is 1.86. The Hall–Kier alpha value is -4.13. The van der Waals surface area contributed by atoms with Gasteiger partial charge in [0.25, 0.3) is 5.56 Å². The van der Waals surface area contributed by atoms with Crippen molar-refractivity contribution in [2.75, 3.05) is 17.7 Å². The predicted octanol–water partition coefficient (Wildman–Crippen LogP) is 6.50. The molecule has 186 valence electrons. The molecule has 2 amide bonds. The molecule has 0 atom stereocenters. The van der Waals surface area contributed by atoms with Crippen LogP contribution in [0.15, 0.2) is 65.7 Å². The minimum Gasteiger partial charge on any atom is -0.497 e. The van der Waals surface area contributed by atoms with Crippen molar-refractivity contribution in [3.05, 3.63) is 82.4 Å². The van der Waals surface area contributed by atoms with E-state index in [0.717, 1.165) is 27.8 Å². The molecule has 2 heterocycles. The maximum atomic E-state index is 13.5. The molecule has 7 nitrogen and oxygen atoms in total. The zero-order valence-corrected chi connectivity index (χ0v) is 21.5. The highest BCUT2D eigenvalue weighted by molar-refractivity contribution is 6.08. The summed E-state index contributed by atoms with van der Waals surface area (Å²) in [6, 6.07) is 14.9. The summed E-state index contributed by atoms with van der Waals surface area (Å²) in [7, 11) is 3.27. The van der Waals surface area contributed by atoms with Crippen LogP contribution in [0.1, 0.15) is 50.7 Å². The molecule has 2 aromatic heterocycles. The number of aromatic nitrogens is 2. The van der Waals surface area contributed by atoms with E-state index in [1.54, 1.807) is 26.6 Å². The second kappa shape index (κ2) is 10.2. The number of carbonyl (C=O) groups excluding carboxylic acids is 1. The number of rotatable bonds is 6. The molecule has 0 aliphatic heterocycles. The van der Waals surface area contributed by atoms with Crippen molar-refractivity contribution in [2.24, 2.45) is 7.05 Å². The van der Waals surface area contributed by atoms with Crippen LogP contribution < -0.4 is 20.9 Å². The molecule has 0 spiro atoms. The van der Waals surface area contributed by atoms with Crippen molar-refractivity contribution in [2.45, 2.75) is 39.5 Å². The number of nitrogens with one attached hydrogen (secondary N) is 2. The highest BCUT2D eigenvalue weighted by atomic mass is 16.5. The lowest BCUT2D eigenvalue weighted by Crippen LogP contribution is -2.29. The largest absolute Gasteiger partial charge is 0.497 e. The average molecular weight is 485 g/mol. The van der Waals surface area contributed by atoms with Gasteiger partial charge in [0.05, 0.1) is 18.8 Å². The van der Waals surface area contributed by atoms with Crippen LogP contribution in [0.3, 0.4) is 0 Å². The molecule has 7 heteroatoms. The number of para-hydroxylation sites is 1. The molecule has 36 heavy (non-hydrogen) atoms. The van der Waals surface area contributed by atoms with Crippen LogP contribution >= 0.6 is 0 Å². The summed E-state index contributed by atoms with van der Waals surface area (Å²) < 4.78 is 6.92. The lowest BCUT2D eigenvalue weighted by atomic mass is 9.93. The summed E-state index contributed by atoms with van der Waals surface area (Å²) in [4.78, 5) is 31.2. The fourth-order valence-corrected chi connectivity index (χ4v) is 4.53. The Bertz CT molecular complexity index is 1460. The first-order valence-electron chi connectivity index (χ1n) is 12.0. The van der Waals surface area contributed by atoms with E-state index < -0.39 is 6.03 Å². The van der Waals surface area contributed by atoms with E-state index in [4.69, 9.17) is 4.74 Å². The molecule has 0 aliphatic carbocycles. The van der Waals surface area contributed by atoms with Crippen LogP contribution in [0.2, 0.25) is 0 Å². The van der Waals surface area contributed by atoms with E-state index in [1.807, 2.05) is 48.5 Å². The van der Waals surface area contributed by atoms with Crippen molar-refractivity contribution < 1.29 is 9.53 Å². The van der Waals surface area contributed by atoms with Gasteiger partial charge in [-0.25, -0.2) is 4.79 Å². The fraction of sp³-hybridized carbons (Fsp3) is 0.276. The molecule has 0 saturated carbocycles. The zero-order valence-electron chi connectivity index (χ0n) is 21.5. The lowest BCUT2D eigenvalue weighted by molar-refractivity contribution is 0.262. The summed E-state index contributed by atoms with van der Waals surface area (Å²) in [6.45, 7) is 8.38. The van der Waals surface area contributed by atoms with Gasteiger partial charge < -0.3 is 19.9 Å². The highest BCUT2D eigenvalue weighted by Gasteiger charge is 2.21. The van der Waals surface area contributed by atoms with Crippen LogP contribution in [0, 0.1) is 0 Å². The summed E-state index contributed by atoms with van der Waals surface area (Å²) in [5.41, 5.74) is 4.77. The normalized spacial score (nSPS) is 11.2. The maximum Gasteiger partial charge on any atom is 0.323 e. The third kappa shape index (κ3) is 4.69. The number of ether oxygens (including phenoxy) is 1.